The highest BCUT2D eigenvalue weighted by Crippen LogP contribution is 2.29. The standard InChI is InChI=1S/C21H14N4O/c1-12-3-6-19-16(7-12)17-9-18(21(26)25(2)20(17)24-19)15-5-4-13(10-22)8-14(15)11-23/h3-9,24H,1-2H3. The zero-order chi connectivity index (χ0) is 18.4. The van der Waals surface area contributed by atoms with Gasteiger partial charge in [-0.15, -0.1) is 0 Å². The van der Waals surface area contributed by atoms with Crippen molar-refractivity contribution in [2.24, 2.45) is 7.05 Å². The van der Waals surface area contributed by atoms with Gasteiger partial charge in [-0.1, -0.05) is 17.7 Å². The summed E-state index contributed by atoms with van der Waals surface area (Å²) in [5, 5.41) is 20.5. The first-order valence-electron chi connectivity index (χ1n) is 8.10. The van der Waals surface area contributed by atoms with E-state index in [-0.39, 0.29) is 5.56 Å². The van der Waals surface area contributed by atoms with Gasteiger partial charge in [-0.3, -0.25) is 9.36 Å². The fraction of sp³-hybridized carbons (Fsp3) is 0.0952. The molecule has 1 N–H and O–H groups in total. The van der Waals surface area contributed by atoms with Gasteiger partial charge in [0.1, 0.15) is 5.65 Å². The lowest BCUT2D eigenvalue weighted by Crippen LogP contribution is -2.19. The van der Waals surface area contributed by atoms with E-state index in [4.69, 9.17) is 5.26 Å². The maximum Gasteiger partial charge on any atom is 0.259 e. The molecule has 2 aromatic heterocycles. The van der Waals surface area contributed by atoms with Crippen LogP contribution in [-0.2, 0) is 7.05 Å². The fourth-order valence-corrected chi connectivity index (χ4v) is 3.35. The van der Waals surface area contributed by atoms with Crippen molar-refractivity contribution in [3.05, 3.63) is 69.5 Å². The number of nitrogens with one attached hydrogen (secondary N) is 1. The molecule has 2 heterocycles. The number of benzene rings is 2. The largest absolute Gasteiger partial charge is 0.341 e. The number of rotatable bonds is 1. The van der Waals surface area contributed by atoms with Crippen LogP contribution in [0.25, 0.3) is 33.1 Å². The van der Waals surface area contributed by atoms with Gasteiger partial charge in [-0.25, -0.2) is 0 Å². The Bertz CT molecular complexity index is 1340. The van der Waals surface area contributed by atoms with Gasteiger partial charge in [-0.05, 0) is 37.3 Å². The minimum Gasteiger partial charge on any atom is -0.341 e. The molecule has 0 amide bonds. The molecule has 0 saturated heterocycles. The molecule has 2 aromatic carbocycles. The second kappa shape index (κ2) is 5.61. The van der Waals surface area contributed by atoms with E-state index in [0.717, 1.165) is 27.5 Å². The van der Waals surface area contributed by atoms with Crippen molar-refractivity contribution in [1.82, 2.24) is 9.55 Å². The van der Waals surface area contributed by atoms with Crippen LogP contribution < -0.4 is 5.56 Å². The van der Waals surface area contributed by atoms with Crippen LogP contribution in [0.5, 0.6) is 0 Å². The van der Waals surface area contributed by atoms with E-state index in [1.165, 1.54) is 6.07 Å². The van der Waals surface area contributed by atoms with Crippen molar-refractivity contribution >= 4 is 21.9 Å². The summed E-state index contributed by atoms with van der Waals surface area (Å²) in [6.07, 6.45) is 0. The number of aryl methyl sites for hydroxylation is 2. The number of hydrogen-bond acceptors (Lipinski definition) is 3. The molecule has 26 heavy (non-hydrogen) atoms. The van der Waals surface area contributed by atoms with Gasteiger partial charge < -0.3 is 4.98 Å². The number of H-pyrrole nitrogens is 1. The lowest BCUT2D eigenvalue weighted by molar-refractivity contribution is 0.896. The van der Waals surface area contributed by atoms with Crippen LogP contribution in [0.1, 0.15) is 16.7 Å². The van der Waals surface area contributed by atoms with E-state index in [0.29, 0.717) is 22.3 Å². The minimum absolute atomic E-state index is 0.193. The molecule has 5 nitrogen and oxygen atoms in total. The second-order valence-corrected chi connectivity index (χ2v) is 6.34. The van der Waals surface area contributed by atoms with Crippen LogP contribution in [0.2, 0.25) is 0 Å². The Morgan fingerprint density at radius 3 is 2.50 bits per heavy atom. The lowest BCUT2D eigenvalue weighted by atomic mass is 9.98. The average molecular weight is 338 g/mol. The summed E-state index contributed by atoms with van der Waals surface area (Å²) in [4.78, 5) is 16.2. The molecule has 0 aliphatic heterocycles. The van der Waals surface area contributed by atoms with Crippen molar-refractivity contribution in [2.75, 3.05) is 0 Å². The third kappa shape index (κ3) is 2.19. The van der Waals surface area contributed by atoms with Crippen molar-refractivity contribution in [1.29, 1.82) is 10.5 Å². The molecule has 0 spiro atoms. The number of aromatic nitrogens is 2. The summed E-state index contributed by atoms with van der Waals surface area (Å²) in [5.41, 5.74) is 4.33. The fourth-order valence-electron chi connectivity index (χ4n) is 3.35. The van der Waals surface area contributed by atoms with E-state index in [2.05, 4.69) is 17.1 Å². The molecule has 0 radical (unpaired) electrons. The van der Waals surface area contributed by atoms with Crippen LogP contribution in [0, 0.1) is 29.6 Å². The summed E-state index contributed by atoms with van der Waals surface area (Å²) < 4.78 is 1.57. The maximum absolute atomic E-state index is 12.9. The average Bonchev–Trinajstić information content (AvgIpc) is 3.02. The molecule has 0 aliphatic carbocycles. The monoisotopic (exact) mass is 338 g/mol. The van der Waals surface area contributed by atoms with Crippen LogP contribution in [-0.4, -0.2) is 9.55 Å². The molecule has 0 fully saturated rings. The minimum atomic E-state index is -0.193. The molecule has 0 bridgehead atoms. The summed E-state index contributed by atoms with van der Waals surface area (Å²) in [6, 6.07) is 16.8. The molecular formula is C21H14N4O. The zero-order valence-electron chi connectivity index (χ0n) is 14.3. The van der Waals surface area contributed by atoms with Gasteiger partial charge in [0, 0.05) is 34.5 Å². The lowest BCUT2D eigenvalue weighted by Gasteiger charge is -2.08. The first kappa shape index (κ1) is 15.7. The molecule has 0 saturated carbocycles. The highest BCUT2D eigenvalue weighted by Gasteiger charge is 2.16. The van der Waals surface area contributed by atoms with E-state index in [1.807, 2.05) is 31.2 Å². The number of aromatic amines is 1. The van der Waals surface area contributed by atoms with Gasteiger partial charge in [0.25, 0.3) is 5.56 Å². The molecule has 0 unspecified atom stereocenters. The number of hydrogen-bond donors (Lipinski definition) is 1. The normalized spacial score (nSPS) is 10.8. The predicted octanol–water partition coefficient (Wildman–Crippen LogP) is 3.74. The molecule has 0 atom stereocenters. The van der Waals surface area contributed by atoms with Crippen molar-refractivity contribution < 1.29 is 0 Å². The summed E-state index contributed by atoms with van der Waals surface area (Å²) >= 11 is 0. The third-order valence-electron chi connectivity index (χ3n) is 4.69. The highest BCUT2D eigenvalue weighted by molar-refractivity contribution is 6.07. The number of nitrogens with zero attached hydrogens (tertiary/aromatic N) is 3. The molecule has 4 aromatic rings. The van der Waals surface area contributed by atoms with Crippen molar-refractivity contribution in [2.45, 2.75) is 6.92 Å². The molecule has 5 heteroatoms. The predicted molar refractivity (Wildman–Crippen MR) is 101 cm³/mol. The van der Waals surface area contributed by atoms with E-state index in [1.54, 1.807) is 23.7 Å². The van der Waals surface area contributed by atoms with Gasteiger partial charge in [0.15, 0.2) is 0 Å². The zero-order valence-corrected chi connectivity index (χ0v) is 14.3. The summed E-state index contributed by atoms with van der Waals surface area (Å²) in [5.74, 6) is 0. The Labute approximate surface area is 149 Å². The van der Waals surface area contributed by atoms with Gasteiger partial charge >= 0.3 is 0 Å². The number of nitriles is 2. The summed E-state index contributed by atoms with van der Waals surface area (Å²) in [7, 11) is 1.71. The third-order valence-corrected chi connectivity index (χ3v) is 4.69. The highest BCUT2D eigenvalue weighted by atomic mass is 16.1. The molecule has 0 aliphatic rings. The topological polar surface area (TPSA) is 85.4 Å². The van der Waals surface area contributed by atoms with Crippen molar-refractivity contribution in [3.8, 4) is 23.3 Å². The maximum atomic E-state index is 12.9. The van der Waals surface area contributed by atoms with Gasteiger partial charge in [0.2, 0.25) is 0 Å². The van der Waals surface area contributed by atoms with E-state index >= 15 is 0 Å². The van der Waals surface area contributed by atoms with E-state index in [9.17, 15) is 10.1 Å². The van der Waals surface area contributed by atoms with Crippen LogP contribution in [0.4, 0.5) is 0 Å². The Balaban J connectivity index is 2.12. The second-order valence-electron chi connectivity index (χ2n) is 6.34. The SMILES string of the molecule is Cc1ccc2[nH]c3c(cc(-c4ccc(C#N)cc4C#N)c(=O)n3C)c2c1. The number of pyridine rings is 1. The quantitative estimate of drug-likeness (QED) is 0.574. The van der Waals surface area contributed by atoms with E-state index < -0.39 is 0 Å². The molecule has 4 rings (SSSR count). The Morgan fingerprint density at radius 2 is 1.77 bits per heavy atom. The smallest absolute Gasteiger partial charge is 0.259 e. The first-order chi connectivity index (χ1) is 12.5. The van der Waals surface area contributed by atoms with Gasteiger partial charge in [-0.2, -0.15) is 10.5 Å². The number of fused-ring (bicyclic) bond motifs is 3. The van der Waals surface area contributed by atoms with Crippen LogP contribution in [0.15, 0.2) is 47.3 Å². The Kier molecular flexibility index (Phi) is 3.39. The molecule has 124 valence electrons. The summed E-state index contributed by atoms with van der Waals surface area (Å²) in [6.45, 7) is 2.02. The Hall–Kier alpha value is -3.83. The van der Waals surface area contributed by atoms with Crippen molar-refractivity contribution in [3.63, 3.8) is 0 Å². The van der Waals surface area contributed by atoms with Crippen LogP contribution in [0.3, 0.4) is 0 Å². The van der Waals surface area contributed by atoms with Gasteiger partial charge in [0.05, 0.1) is 23.3 Å². The Morgan fingerprint density at radius 1 is 0.962 bits per heavy atom. The van der Waals surface area contributed by atoms with Crippen LogP contribution >= 0.6 is 0 Å². The molecular weight excluding hydrogens is 324 g/mol. The first-order valence-corrected chi connectivity index (χ1v) is 8.10.